The highest BCUT2D eigenvalue weighted by Gasteiger charge is 2.31. The highest BCUT2D eigenvalue weighted by atomic mass is 32.2. The van der Waals surface area contributed by atoms with Crippen LogP contribution in [0.3, 0.4) is 0 Å². The molecule has 0 aliphatic carbocycles. The molecule has 0 fully saturated rings. The molecule has 158 valence electrons. The Labute approximate surface area is 161 Å². The average Bonchev–Trinajstić information content (AvgIpc) is 2.58. The van der Waals surface area contributed by atoms with E-state index >= 15 is 0 Å². The van der Waals surface area contributed by atoms with Crippen molar-refractivity contribution in [3.8, 4) is 0 Å². The summed E-state index contributed by atoms with van der Waals surface area (Å²) in [6, 6.07) is 0. The fourth-order valence-electron chi connectivity index (χ4n) is 3.50. The van der Waals surface area contributed by atoms with Crippen molar-refractivity contribution in [2.45, 2.75) is 98.5 Å². The van der Waals surface area contributed by atoms with Gasteiger partial charge in [0.15, 0.2) is 0 Å². The molecule has 0 aromatic rings. The molecular weight excluding hydrogens is 352 g/mol. The largest absolute Gasteiger partial charge is 0.393 e. The molecule has 0 radical (unpaired) electrons. The molecule has 6 heteroatoms. The fourth-order valence-corrected chi connectivity index (χ4v) is 4.83. The third kappa shape index (κ3) is 10.9. The molecule has 0 saturated carbocycles. The first kappa shape index (κ1) is 25.8. The molecule has 0 aromatic heterocycles. The topological polar surface area (TPSA) is 83.8 Å². The number of rotatable bonds is 16. The maximum Gasteiger partial charge on any atom is 0.265 e. The van der Waals surface area contributed by atoms with E-state index in [1.54, 1.807) is 0 Å². The first-order valence-corrected chi connectivity index (χ1v) is 11.9. The van der Waals surface area contributed by atoms with Gasteiger partial charge in [-0.1, -0.05) is 53.9 Å². The maximum absolute atomic E-state index is 11.3. The Bertz CT molecular complexity index is 453. The zero-order chi connectivity index (χ0) is 20.3. The second-order valence-electron chi connectivity index (χ2n) is 8.17. The first-order valence-electron chi connectivity index (χ1n) is 10.3. The molecule has 0 bridgehead atoms. The second kappa shape index (κ2) is 12.3. The van der Waals surface area contributed by atoms with Crippen molar-refractivity contribution in [1.82, 2.24) is 0 Å². The number of hydrogen-bond donors (Lipinski definition) is 2. The summed E-state index contributed by atoms with van der Waals surface area (Å²) in [5, 5.41) is 10.2. The quantitative estimate of drug-likeness (QED) is 0.289. The standard InChI is InChI=1S/C20H42O5S/c1-6-19(5,7-2)16-18(21)12-15-25-14-11-10-13-20(8-3,9-4)17-26(22,23)24/h18,21H,6-17H2,1-5H3,(H,22,23,24). The van der Waals surface area contributed by atoms with E-state index in [0.29, 0.717) is 19.6 Å². The Balaban J connectivity index is 4.02. The van der Waals surface area contributed by atoms with Gasteiger partial charge in [-0.15, -0.1) is 0 Å². The summed E-state index contributed by atoms with van der Waals surface area (Å²) in [6.07, 6.45) is 7.30. The summed E-state index contributed by atoms with van der Waals surface area (Å²) in [4.78, 5) is 0. The second-order valence-corrected chi connectivity index (χ2v) is 9.62. The van der Waals surface area contributed by atoms with Crippen molar-refractivity contribution in [2.24, 2.45) is 10.8 Å². The maximum atomic E-state index is 11.3. The normalized spacial score (nSPS) is 14.6. The monoisotopic (exact) mass is 394 g/mol. The van der Waals surface area contributed by atoms with Crippen LogP contribution in [0, 0.1) is 10.8 Å². The minimum atomic E-state index is -3.95. The SMILES string of the molecule is CCC(C)(CC)CC(O)CCOCCCCC(CC)(CC)CS(=O)(=O)O. The van der Waals surface area contributed by atoms with Crippen LogP contribution in [0.25, 0.3) is 0 Å². The lowest BCUT2D eigenvalue weighted by Gasteiger charge is -2.30. The molecule has 0 aromatic carbocycles. The van der Waals surface area contributed by atoms with Gasteiger partial charge in [0.1, 0.15) is 0 Å². The minimum Gasteiger partial charge on any atom is -0.393 e. The molecule has 0 aliphatic rings. The van der Waals surface area contributed by atoms with Gasteiger partial charge >= 0.3 is 0 Å². The molecule has 2 N–H and O–H groups in total. The molecule has 0 amide bonds. The van der Waals surface area contributed by atoms with Crippen LogP contribution in [-0.4, -0.2) is 43.1 Å². The molecular formula is C20H42O5S. The molecule has 0 aliphatic heterocycles. The van der Waals surface area contributed by atoms with Crippen molar-refractivity contribution in [3.05, 3.63) is 0 Å². The zero-order valence-electron chi connectivity index (χ0n) is 17.6. The van der Waals surface area contributed by atoms with Crippen LogP contribution in [0.4, 0.5) is 0 Å². The van der Waals surface area contributed by atoms with Gasteiger partial charge in [-0.05, 0) is 49.4 Å². The molecule has 1 atom stereocenters. The van der Waals surface area contributed by atoms with Crippen molar-refractivity contribution in [2.75, 3.05) is 19.0 Å². The number of ether oxygens (including phenoxy) is 1. The van der Waals surface area contributed by atoms with E-state index in [4.69, 9.17) is 4.74 Å². The summed E-state index contributed by atoms with van der Waals surface area (Å²) >= 11 is 0. The van der Waals surface area contributed by atoms with E-state index < -0.39 is 10.1 Å². The molecule has 0 spiro atoms. The predicted octanol–water partition coefficient (Wildman–Crippen LogP) is 4.83. The highest BCUT2D eigenvalue weighted by molar-refractivity contribution is 7.85. The fraction of sp³-hybridized carbons (Fsp3) is 1.00. The van der Waals surface area contributed by atoms with Crippen molar-refractivity contribution in [1.29, 1.82) is 0 Å². The van der Waals surface area contributed by atoms with Crippen molar-refractivity contribution >= 4 is 10.1 Å². The Hall–Kier alpha value is -0.170. The van der Waals surface area contributed by atoms with Crippen LogP contribution in [-0.2, 0) is 14.9 Å². The molecule has 26 heavy (non-hydrogen) atoms. The van der Waals surface area contributed by atoms with Crippen LogP contribution in [0.1, 0.15) is 92.4 Å². The molecule has 5 nitrogen and oxygen atoms in total. The third-order valence-electron chi connectivity index (χ3n) is 6.27. The third-order valence-corrected chi connectivity index (χ3v) is 7.24. The molecule has 0 saturated heterocycles. The molecule has 1 unspecified atom stereocenters. The highest BCUT2D eigenvalue weighted by Crippen LogP contribution is 2.34. The Morgan fingerprint density at radius 2 is 1.54 bits per heavy atom. The minimum absolute atomic E-state index is 0.159. The van der Waals surface area contributed by atoms with Gasteiger partial charge in [-0.2, -0.15) is 8.42 Å². The van der Waals surface area contributed by atoms with Gasteiger partial charge in [0.05, 0.1) is 11.9 Å². The van der Waals surface area contributed by atoms with Gasteiger partial charge in [0.25, 0.3) is 10.1 Å². The Kier molecular flexibility index (Phi) is 12.2. The summed E-state index contributed by atoms with van der Waals surface area (Å²) < 4.78 is 37.3. The lowest BCUT2D eigenvalue weighted by molar-refractivity contribution is 0.0502. The van der Waals surface area contributed by atoms with Crippen LogP contribution < -0.4 is 0 Å². The smallest absolute Gasteiger partial charge is 0.265 e. The first-order chi connectivity index (χ1) is 12.1. The number of aliphatic hydroxyl groups excluding tert-OH is 1. The molecule has 0 heterocycles. The number of aliphatic hydroxyl groups is 1. The van der Waals surface area contributed by atoms with E-state index in [1.165, 1.54) is 0 Å². The number of unbranched alkanes of at least 4 members (excludes halogenated alkanes) is 1. The lowest BCUT2D eigenvalue weighted by Crippen LogP contribution is -2.29. The van der Waals surface area contributed by atoms with E-state index in [0.717, 1.165) is 51.4 Å². The molecule has 0 rings (SSSR count). The van der Waals surface area contributed by atoms with E-state index in [1.807, 2.05) is 13.8 Å². The van der Waals surface area contributed by atoms with Crippen molar-refractivity contribution < 1.29 is 22.8 Å². The predicted molar refractivity (Wildman–Crippen MR) is 108 cm³/mol. The van der Waals surface area contributed by atoms with E-state index in [-0.39, 0.29) is 22.7 Å². The Morgan fingerprint density at radius 3 is 2.00 bits per heavy atom. The number of hydrogen-bond acceptors (Lipinski definition) is 4. The summed E-state index contributed by atoms with van der Waals surface area (Å²) in [6.45, 7) is 11.7. The van der Waals surface area contributed by atoms with Gasteiger partial charge in [0.2, 0.25) is 0 Å². The van der Waals surface area contributed by atoms with E-state index in [2.05, 4.69) is 20.8 Å². The summed E-state index contributed by atoms with van der Waals surface area (Å²) in [5.74, 6) is -0.159. The van der Waals surface area contributed by atoms with Crippen LogP contribution >= 0.6 is 0 Å². The van der Waals surface area contributed by atoms with Crippen molar-refractivity contribution in [3.63, 3.8) is 0 Å². The zero-order valence-corrected chi connectivity index (χ0v) is 18.4. The van der Waals surface area contributed by atoms with Gasteiger partial charge < -0.3 is 9.84 Å². The lowest BCUT2D eigenvalue weighted by atomic mass is 9.79. The summed E-state index contributed by atoms with van der Waals surface area (Å²) in [7, 11) is -3.95. The van der Waals surface area contributed by atoms with Crippen LogP contribution in [0.15, 0.2) is 0 Å². The summed E-state index contributed by atoms with van der Waals surface area (Å²) in [5.41, 5.74) is -0.134. The van der Waals surface area contributed by atoms with Crippen LogP contribution in [0.2, 0.25) is 0 Å². The van der Waals surface area contributed by atoms with Gasteiger partial charge in [0, 0.05) is 13.2 Å². The average molecular weight is 395 g/mol. The van der Waals surface area contributed by atoms with E-state index in [9.17, 15) is 18.1 Å². The van der Waals surface area contributed by atoms with Gasteiger partial charge in [-0.3, -0.25) is 4.55 Å². The van der Waals surface area contributed by atoms with Gasteiger partial charge in [-0.25, -0.2) is 0 Å². The van der Waals surface area contributed by atoms with Crippen LogP contribution in [0.5, 0.6) is 0 Å². The Morgan fingerprint density at radius 1 is 0.962 bits per heavy atom.